The minimum atomic E-state index is -0.121. The standard InChI is InChI=1S/C12H14N4O/c13-11-4-1-3-10(9-11)12(17)14-6-8-16-7-2-5-15-16/h1-5,7,9H,6,8,13H2,(H,14,17). The molecule has 0 unspecified atom stereocenters. The number of nitrogens with one attached hydrogen (secondary N) is 1. The highest BCUT2D eigenvalue weighted by molar-refractivity contribution is 5.94. The van der Waals surface area contributed by atoms with Crippen LogP contribution < -0.4 is 11.1 Å². The predicted molar refractivity (Wildman–Crippen MR) is 65.4 cm³/mol. The Kier molecular flexibility index (Phi) is 3.40. The summed E-state index contributed by atoms with van der Waals surface area (Å²) in [5.74, 6) is -0.121. The molecule has 0 saturated heterocycles. The van der Waals surface area contributed by atoms with E-state index in [1.165, 1.54) is 0 Å². The molecule has 0 aliphatic rings. The molecule has 5 heteroatoms. The lowest BCUT2D eigenvalue weighted by Gasteiger charge is -2.05. The molecule has 0 aliphatic carbocycles. The zero-order valence-electron chi connectivity index (χ0n) is 9.34. The fraction of sp³-hybridized carbons (Fsp3) is 0.167. The van der Waals surface area contributed by atoms with Gasteiger partial charge in [-0.1, -0.05) is 6.07 Å². The second kappa shape index (κ2) is 5.16. The molecule has 1 heterocycles. The number of aromatic nitrogens is 2. The van der Waals surface area contributed by atoms with Crippen LogP contribution in [0, 0.1) is 0 Å². The number of nitrogens with zero attached hydrogens (tertiary/aromatic N) is 2. The smallest absolute Gasteiger partial charge is 0.251 e. The number of amides is 1. The largest absolute Gasteiger partial charge is 0.399 e. The van der Waals surface area contributed by atoms with Gasteiger partial charge in [0.15, 0.2) is 0 Å². The van der Waals surface area contributed by atoms with Crippen molar-refractivity contribution in [3.05, 3.63) is 48.3 Å². The average molecular weight is 230 g/mol. The molecule has 2 rings (SSSR count). The summed E-state index contributed by atoms with van der Waals surface area (Å²) in [6, 6.07) is 8.75. The molecule has 0 spiro atoms. The second-order valence-electron chi connectivity index (χ2n) is 3.65. The summed E-state index contributed by atoms with van der Waals surface area (Å²) in [4.78, 5) is 11.7. The molecule has 2 aromatic rings. The molecule has 1 aromatic heterocycles. The highest BCUT2D eigenvalue weighted by Gasteiger charge is 2.04. The Balaban J connectivity index is 1.85. The second-order valence-corrected chi connectivity index (χ2v) is 3.65. The summed E-state index contributed by atoms with van der Waals surface area (Å²) in [7, 11) is 0. The fourth-order valence-electron chi connectivity index (χ4n) is 1.50. The maximum atomic E-state index is 11.7. The molecule has 0 radical (unpaired) electrons. The van der Waals surface area contributed by atoms with Crippen LogP contribution in [0.25, 0.3) is 0 Å². The van der Waals surface area contributed by atoms with Crippen LogP contribution in [0.2, 0.25) is 0 Å². The Labute approximate surface area is 99.2 Å². The molecule has 1 amide bonds. The SMILES string of the molecule is Nc1cccc(C(=O)NCCn2cccn2)c1. The third kappa shape index (κ3) is 3.07. The van der Waals surface area contributed by atoms with Gasteiger partial charge in [0.2, 0.25) is 0 Å². The molecule has 1 aromatic carbocycles. The number of rotatable bonds is 4. The van der Waals surface area contributed by atoms with Gasteiger partial charge in [0, 0.05) is 30.2 Å². The quantitative estimate of drug-likeness (QED) is 0.766. The first-order valence-corrected chi connectivity index (χ1v) is 5.37. The molecular weight excluding hydrogens is 216 g/mol. The van der Waals surface area contributed by atoms with Crippen molar-refractivity contribution in [1.29, 1.82) is 0 Å². The number of carbonyl (C=O) groups is 1. The lowest BCUT2D eigenvalue weighted by atomic mass is 10.2. The molecule has 0 fully saturated rings. The molecule has 0 saturated carbocycles. The zero-order chi connectivity index (χ0) is 12.1. The maximum Gasteiger partial charge on any atom is 0.251 e. The van der Waals surface area contributed by atoms with Crippen molar-refractivity contribution in [3.63, 3.8) is 0 Å². The number of hydrogen-bond acceptors (Lipinski definition) is 3. The molecule has 17 heavy (non-hydrogen) atoms. The van der Waals surface area contributed by atoms with E-state index in [0.717, 1.165) is 0 Å². The number of hydrogen-bond donors (Lipinski definition) is 2. The zero-order valence-corrected chi connectivity index (χ0v) is 9.34. The monoisotopic (exact) mass is 230 g/mol. The van der Waals surface area contributed by atoms with Crippen molar-refractivity contribution in [3.8, 4) is 0 Å². The van der Waals surface area contributed by atoms with Gasteiger partial charge in [-0.15, -0.1) is 0 Å². The van der Waals surface area contributed by atoms with Gasteiger partial charge in [0.25, 0.3) is 5.91 Å². The van der Waals surface area contributed by atoms with Crippen LogP contribution in [0.4, 0.5) is 5.69 Å². The topological polar surface area (TPSA) is 72.9 Å². The number of nitrogen functional groups attached to an aromatic ring is 1. The van der Waals surface area contributed by atoms with Crippen LogP contribution in [0.1, 0.15) is 10.4 Å². The summed E-state index contributed by atoms with van der Waals surface area (Å²) in [5, 5.41) is 6.85. The van der Waals surface area contributed by atoms with Gasteiger partial charge < -0.3 is 11.1 Å². The van der Waals surface area contributed by atoms with Crippen LogP contribution in [-0.4, -0.2) is 22.2 Å². The molecule has 0 atom stereocenters. The summed E-state index contributed by atoms with van der Waals surface area (Å²) in [5.41, 5.74) is 6.77. The summed E-state index contributed by atoms with van der Waals surface area (Å²) < 4.78 is 1.76. The van der Waals surface area contributed by atoms with E-state index in [1.807, 2.05) is 12.3 Å². The summed E-state index contributed by atoms with van der Waals surface area (Å²) in [6.07, 6.45) is 3.56. The fourth-order valence-corrected chi connectivity index (χ4v) is 1.50. The molecule has 0 bridgehead atoms. The van der Waals surface area contributed by atoms with Crippen molar-refractivity contribution in [2.45, 2.75) is 6.54 Å². The minimum Gasteiger partial charge on any atom is -0.399 e. The van der Waals surface area contributed by atoms with Crippen LogP contribution in [0.15, 0.2) is 42.7 Å². The van der Waals surface area contributed by atoms with Crippen molar-refractivity contribution in [1.82, 2.24) is 15.1 Å². The van der Waals surface area contributed by atoms with Gasteiger partial charge in [-0.3, -0.25) is 9.48 Å². The first kappa shape index (κ1) is 11.2. The minimum absolute atomic E-state index is 0.121. The van der Waals surface area contributed by atoms with Gasteiger partial charge in [-0.05, 0) is 24.3 Å². The van der Waals surface area contributed by atoms with E-state index in [1.54, 1.807) is 35.1 Å². The van der Waals surface area contributed by atoms with E-state index in [-0.39, 0.29) is 5.91 Å². The van der Waals surface area contributed by atoms with E-state index in [2.05, 4.69) is 10.4 Å². The Bertz CT molecular complexity index is 493. The maximum absolute atomic E-state index is 11.7. The van der Waals surface area contributed by atoms with Gasteiger partial charge in [-0.2, -0.15) is 5.10 Å². The van der Waals surface area contributed by atoms with Crippen molar-refractivity contribution in [2.75, 3.05) is 12.3 Å². The number of anilines is 1. The van der Waals surface area contributed by atoms with Crippen LogP contribution in [0.5, 0.6) is 0 Å². The highest BCUT2D eigenvalue weighted by Crippen LogP contribution is 2.05. The van der Waals surface area contributed by atoms with Gasteiger partial charge >= 0.3 is 0 Å². The Morgan fingerprint density at radius 3 is 3.00 bits per heavy atom. The van der Waals surface area contributed by atoms with Gasteiger partial charge in [0.05, 0.1) is 6.54 Å². The summed E-state index contributed by atoms with van der Waals surface area (Å²) >= 11 is 0. The van der Waals surface area contributed by atoms with Gasteiger partial charge in [-0.25, -0.2) is 0 Å². The number of carbonyl (C=O) groups excluding carboxylic acids is 1. The molecule has 0 aliphatic heterocycles. The van der Waals surface area contributed by atoms with Crippen LogP contribution >= 0.6 is 0 Å². The van der Waals surface area contributed by atoms with E-state index in [0.29, 0.717) is 24.3 Å². The van der Waals surface area contributed by atoms with Crippen LogP contribution in [-0.2, 0) is 6.54 Å². The predicted octanol–water partition coefficient (Wildman–Crippen LogP) is 0.895. The van der Waals surface area contributed by atoms with Crippen LogP contribution in [0.3, 0.4) is 0 Å². The molecule has 5 nitrogen and oxygen atoms in total. The number of nitrogens with two attached hydrogens (primary N) is 1. The Morgan fingerprint density at radius 1 is 1.41 bits per heavy atom. The van der Waals surface area contributed by atoms with Crippen molar-refractivity contribution < 1.29 is 4.79 Å². The molecule has 88 valence electrons. The normalized spacial score (nSPS) is 10.1. The summed E-state index contributed by atoms with van der Waals surface area (Å²) in [6.45, 7) is 1.19. The number of benzene rings is 1. The molecular formula is C12H14N4O. The van der Waals surface area contributed by atoms with E-state index in [4.69, 9.17) is 5.73 Å². The van der Waals surface area contributed by atoms with E-state index >= 15 is 0 Å². The molecule has 3 N–H and O–H groups in total. The van der Waals surface area contributed by atoms with E-state index in [9.17, 15) is 4.79 Å². The van der Waals surface area contributed by atoms with E-state index < -0.39 is 0 Å². The third-order valence-electron chi connectivity index (χ3n) is 2.33. The lowest BCUT2D eigenvalue weighted by Crippen LogP contribution is -2.27. The first-order valence-electron chi connectivity index (χ1n) is 5.37. The first-order chi connectivity index (χ1) is 8.25. The van der Waals surface area contributed by atoms with Gasteiger partial charge in [0.1, 0.15) is 0 Å². The average Bonchev–Trinajstić information content (AvgIpc) is 2.82. The Morgan fingerprint density at radius 2 is 2.29 bits per heavy atom. The van der Waals surface area contributed by atoms with Crippen molar-refractivity contribution in [2.24, 2.45) is 0 Å². The highest BCUT2D eigenvalue weighted by atomic mass is 16.1. The third-order valence-corrected chi connectivity index (χ3v) is 2.33. The Hall–Kier alpha value is -2.30. The van der Waals surface area contributed by atoms with Crippen molar-refractivity contribution >= 4 is 11.6 Å². The lowest BCUT2D eigenvalue weighted by molar-refractivity contribution is 0.0952.